The maximum absolute atomic E-state index is 6.06. The predicted molar refractivity (Wildman–Crippen MR) is 69.5 cm³/mol. The summed E-state index contributed by atoms with van der Waals surface area (Å²) in [5.41, 5.74) is 2.52. The second-order valence-corrected chi connectivity index (χ2v) is 4.75. The third kappa shape index (κ3) is 2.36. The Bertz CT molecular complexity index is 505. The van der Waals surface area contributed by atoms with Gasteiger partial charge in [-0.1, -0.05) is 54.1 Å². The van der Waals surface area contributed by atoms with E-state index in [2.05, 4.69) is 30.3 Å². The molecule has 0 aliphatic carbocycles. The zero-order chi connectivity index (χ0) is 11.7. The van der Waals surface area contributed by atoms with Crippen molar-refractivity contribution in [3.05, 3.63) is 70.7 Å². The summed E-state index contributed by atoms with van der Waals surface area (Å²) in [7, 11) is 0. The van der Waals surface area contributed by atoms with Crippen molar-refractivity contribution in [1.82, 2.24) is 0 Å². The van der Waals surface area contributed by atoms with Gasteiger partial charge >= 0.3 is 0 Å². The largest absolute Gasteiger partial charge is 0.372 e. The minimum absolute atomic E-state index is 0.301. The Hall–Kier alpha value is -1.31. The molecule has 0 spiro atoms. The Kier molecular flexibility index (Phi) is 2.87. The lowest BCUT2D eigenvalue weighted by Crippen LogP contribution is -2.08. The zero-order valence-electron chi connectivity index (χ0n) is 9.34. The maximum Gasteiger partial charge on any atom is 0.0918 e. The topological polar surface area (TPSA) is 12.5 Å². The van der Waals surface area contributed by atoms with Gasteiger partial charge in [0.1, 0.15) is 0 Å². The van der Waals surface area contributed by atoms with Crippen LogP contribution >= 0.6 is 11.6 Å². The molecule has 0 N–H and O–H groups in total. The molecule has 1 aliphatic heterocycles. The first-order valence-electron chi connectivity index (χ1n) is 5.76. The van der Waals surface area contributed by atoms with Gasteiger partial charge in [-0.05, 0) is 23.3 Å². The Morgan fingerprint density at radius 2 is 1.71 bits per heavy atom. The molecule has 86 valence electrons. The second-order valence-electron chi connectivity index (χ2n) is 4.32. The van der Waals surface area contributed by atoms with Crippen LogP contribution in [0.1, 0.15) is 17.0 Å². The lowest BCUT2D eigenvalue weighted by atomic mass is 9.89. The minimum atomic E-state index is 0.301. The number of halogens is 1. The first-order valence-corrected chi connectivity index (χ1v) is 6.14. The van der Waals surface area contributed by atoms with Crippen LogP contribution in [0.25, 0.3) is 0 Å². The van der Waals surface area contributed by atoms with Gasteiger partial charge in [0.15, 0.2) is 0 Å². The summed E-state index contributed by atoms with van der Waals surface area (Å²) in [4.78, 5) is 0. The van der Waals surface area contributed by atoms with Gasteiger partial charge < -0.3 is 4.74 Å². The van der Waals surface area contributed by atoms with Gasteiger partial charge in [-0.25, -0.2) is 0 Å². The van der Waals surface area contributed by atoms with E-state index in [1.165, 1.54) is 11.1 Å². The van der Waals surface area contributed by atoms with E-state index in [9.17, 15) is 0 Å². The standard InChI is InChI=1S/C15H13ClO/c16-13-8-4-7-12(9-13)15(14-10-17-14)11-5-2-1-3-6-11/h1-9,14-15H,10H2. The van der Waals surface area contributed by atoms with Crippen LogP contribution in [-0.2, 0) is 4.74 Å². The van der Waals surface area contributed by atoms with Crippen molar-refractivity contribution in [2.75, 3.05) is 6.61 Å². The van der Waals surface area contributed by atoms with E-state index in [4.69, 9.17) is 16.3 Å². The molecule has 2 aromatic rings. The molecule has 2 heteroatoms. The first kappa shape index (κ1) is 10.8. The third-order valence-electron chi connectivity index (χ3n) is 3.10. The van der Waals surface area contributed by atoms with Crippen molar-refractivity contribution in [3.63, 3.8) is 0 Å². The summed E-state index contributed by atoms with van der Waals surface area (Å²) in [6.07, 6.45) is 0.302. The molecule has 0 amide bonds. The van der Waals surface area contributed by atoms with E-state index >= 15 is 0 Å². The highest BCUT2D eigenvalue weighted by Gasteiger charge is 2.34. The molecule has 2 aromatic carbocycles. The normalized spacial score (nSPS) is 19.9. The van der Waals surface area contributed by atoms with E-state index in [-0.39, 0.29) is 0 Å². The summed E-state index contributed by atoms with van der Waals surface area (Å²) in [6.45, 7) is 0.839. The highest BCUT2D eigenvalue weighted by atomic mass is 35.5. The van der Waals surface area contributed by atoms with Crippen LogP contribution in [0.3, 0.4) is 0 Å². The Morgan fingerprint density at radius 1 is 1.00 bits per heavy atom. The highest BCUT2D eigenvalue weighted by Crippen LogP contribution is 2.36. The predicted octanol–water partition coefficient (Wildman–Crippen LogP) is 3.87. The van der Waals surface area contributed by atoms with E-state index in [1.807, 2.05) is 24.3 Å². The minimum Gasteiger partial charge on any atom is -0.372 e. The van der Waals surface area contributed by atoms with Gasteiger partial charge in [0.2, 0.25) is 0 Å². The van der Waals surface area contributed by atoms with Gasteiger partial charge in [0.05, 0.1) is 12.7 Å². The van der Waals surface area contributed by atoms with Crippen LogP contribution in [0.5, 0.6) is 0 Å². The van der Waals surface area contributed by atoms with Gasteiger partial charge in [-0.2, -0.15) is 0 Å². The van der Waals surface area contributed by atoms with Crippen molar-refractivity contribution in [3.8, 4) is 0 Å². The Morgan fingerprint density at radius 3 is 2.35 bits per heavy atom. The zero-order valence-corrected chi connectivity index (χ0v) is 10.1. The van der Waals surface area contributed by atoms with Crippen LogP contribution in [0.2, 0.25) is 5.02 Å². The molecular formula is C15H13ClO. The molecule has 17 heavy (non-hydrogen) atoms. The number of ether oxygens (including phenoxy) is 1. The quantitative estimate of drug-likeness (QED) is 0.747. The van der Waals surface area contributed by atoms with Gasteiger partial charge in [-0.3, -0.25) is 0 Å². The Labute approximate surface area is 106 Å². The molecule has 0 bridgehead atoms. The van der Waals surface area contributed by atoms with Crippen molar-refractivity contribution in [1.29, 1.82) is 0 Å². The van der Waals surface area contributed by atoms with Gasteiger partial charge in [0.25, 0.3) is 0 Å². The summed E-state index contributed by atoms with van der Waals surface area (Å²) < 4.78 is 5.48. The third-order valence-corrected chi connectivity index (χ3v) is 3.33. The van der Waals surface area contributed by atoms with E-state index in [0.29, 0.717) is 12.0 Å². The number of hydrogen-bond acceptors (Lipinski definition) is 1. The fraction of sp³-hybridized carbons (Fsp3) is 0.200. The lowest BCUT2D eigenvalue weighted by Gasteiger charge is -2.15. The number of rotatable bonds is 3. The van der Waals surface area contributed by atoms with Crippen molar-refractivity contribution in [2.24, 2.45) is 0 Å². The molecule has 0 saturated carbocycles. The average molecular weight is 245 g/mol. The summed E-state index contributed by atoms with van der Waals surface area (Å²) in [6, 6.07) is 18.5. The van der Waals surface area contributed by atoms with Crippen LogP contribution in [0.4, 0.5) is 0 Å². The van der Waals surface area contributed by atoms with E-state index < -0.39 is 0 Å². The molecule has 1 fully saturated rings. The Balaban J connectivity index is 2.01. The molecular weight excluding hydrogens is 232 g/mol. The number of epoxide rings is 1. The van der Waals surface area contributed by atoms with E-state index in [1.54, 1.807) is 0 Å². The van der Waals surface area contributed by atoms with Crippen LogP contribution < -0.4 is 0 Å². The molecule has 0 aromatic heterocycles. The molecule has 1 aliphatic rings. The van der Waals surface area contributed by atoms with Gasteiger partial charge in [0, 0.05) is 10.9 Å². The average Bonchev–Trinajstić information content (AvgIpc) is 3.15. The van der Waals surface area contributed by atoms with E-state index in [0.717, 1.165) is 11.6 Å². The van der Waals surface area contributed by atoms with Crippen molar-refractivity contribution < 1.29 is 4.74 Å². The van der Waals surface area contributed by atoms with Crippen molar-refractivity contribution in [2.45, 2.75) is 12.0 Å². The smallest absolute Gasteiger partial charge is 0.0918 e. The first-order chi connectivity index (χ1) is 8.34. The van der Waals surface area contributed by atoms with Crippen molar-refractivity contribution >= 4 is 11.6 Å². The molecule has 1 saturated heterocycles. The molecule has 2 atom stereocenters. The SMILES string of the molecule is Clc1cccc(C(c2ccccc2)C2CO2)c1. The molecule has 0 radical (unpaired) electrons. The summed E-state index contributed by atoms with van der Waals surface area (Å²) in [5.74, 6) is 0.301. The fourth-order valence-electron chi connectivity index (χ4n) is 2.23. The number of hydrogen-bond donors (Lipinski definition) is 0. The second kappa shape index (κ2) is 4.52. The van der Waals surface area contributed by atoms with Crippen LogP contribution in [0.15, 0.2) is 54.6 Å². The summed E-state index contributed by atoms with van der Waals surface area (Å²) >= 11 is 6.06. The van der Waals surface area contributed by atoms with Crippen LogP contribution in [-0.4, -0.2) is 12.7 Å². The lowest BCUT2D eigenvalue weighted by molar-refractivity contribution is 0.389. The maximum atomic E-state index is 6.06. The molecule has 3 rings (SSSR count). The molecule has 1 heterocycles. The number of benzene rings is 2. The summed E-state index contributed by atoms with van der Waals surface area (Å²) in [5, 5.41) is 0.782. The van der Waals surface area contributed by atoms with Crippen LogP contribution in [0, 0.1) is 0 Å². The highest BCUT2D eigenvalue weighted by molar-refractivity contribution is 6.30. The molecule has 1 nitrogen and oxygen atoms in total. The molecule has 2 unspecified atom stereocenters. The monoisotopic (exact) mass is 244 g/mol. The van der Waals surface area contributed by atoms with Gasteiger partial charge in [-0.15, -0.1) is 0 Å². The fourth-order valence-corrected chi connectivity index (χ4v) is 2.43.